The van der Waals surface area contributed by atoms with Crippen molar-refractivity contribution in [3.8, 4) is 11.1 Å². The minimum atomic E-state index is -1.16. The molecule has 1 atom stereocenters. The minimum absolute atomic E-state index is 0.0484. The number of ether oxygens (including phenoxy) is 2. The molecule has 1 aliphatic rings. The summed E-state index contributed by atoms with van der Waals surface area (Å²) in [4.78, 5) is 35.6. The number of alkyl carbamates (subject to hydrolysis) is 1. The van der Waals surface area contributed by atoms with Crippen LogP contribution < -0.4 is 10.6 Å². The predicted octanol–water partition coefficient (Wildman–Crippen LogP) is 2.91. The molecule has 1 unspecified atom stereocenters. The fourth-order valence-electron chi connectivity index (χ4n) is 3.90. The molecule has 2 amide bonds. The van der Waals surface area contributed by atoms with Gasteiger partial charge in [-0.3, -0.25) is 4.79 Å². The predicted molar refractivity (Wildman–Crippen MR) is 118 cm³/mol. The van der Waals surface area contributed by atoms with Gasteiger partial charge in [0.1, 0.15) is 6.61 Å². The molecule has 8 heteroatoms. The Labute approximate surface area is 186 Å². The van der Waals surface area contributed by atoms with Crippen molar-refractivity contribution < 1.29 is 29.0 Å². The number of rotatable bonds is 9. The molecule has 0 aliphatic heterocycles. The number of benzene rings is 2. The summed E-state index contributed by atoms with van der Waals surface area (Å²) in [5.41, 5.74) is 3.63. The van der Waals surface area contributed by atoms with Gasteiger partial charge in [-0.15, -0.1) is 0 Å². The lowest BCUT2D eigenvalue weighted by atomic mass is 9.98. The number of amides is 2. The van der Waals surface area contributed by atoms with Gasteiger partial charge in [-0.1, -0.05) is 48.5 Å². The van der Waals surface area contributed by atoms with E-state index in [1.165, 1.54) is 7.11 Å². The normalized spacial score (nSPS) is 13.6. The number of carbonyl (C=O) groups is 3. The smallest absolute Gasteiger partial charge is 0.407 e. The molecule has 0 saturated carbocycles. The number of hydrogen-bond acceptors (Lipinski definition) is 5. The molecule has 0 bridgehead atoms. The summed E-state index contributed by atoms with van der Waals surface area (Å²) in [7, 11) is 1.26. The fourth-order valence-corrected chi connectivity index (χ4v) is 3.90. The maximum atomic E-state index is 12.5. The molecular weight excluding hydrogens is 412 g/mol. The highest BCUT2D eigenvalue weighted by Gasteiger charge is 2.30. The van der Waals surface area contributed by atoms with Crippen molar-refractivity contribution >= 4 is 18.0 Å². The summed E-state index contributed by atoms with van der Waals surface area (Å²) in [5.74, 6) is -1.62. The number of nitrogens with one attached hydrogen (secondary N) is 2. The van der Waals surface area contributed by atoms with Crippen molar-refractivity contribution in [2.24, 2.45) is 0 Å². The zero-order chi connectivity index (χ0) is 23.3. The molecule has 32 heavy (non-hydrogen) atoms. The molecule has 2 aromatic carbocycles. The Morgan fingerprint density at radius 2 is 1.59 bits per heavy atom. The second kappa shape index (κ2) is 9.82. The molecule has 0 fully saturated rings. The highest BCUT2D eigenvalue weighted by molar-refractivity contribution is 5.80. The third-order valence-corrected chi connectivity index (χ3v) is 5.43. The van der Waals surface area contributed by atoms with E-state index < -0.39 is 29.6 Å². The molecule has 0 aromatic heterocycles. The average molecular weight is 440 g/mol. The average Bonchev–Trinajstić information content (AvgIpc) is 3.05. The molecule has 0 spiro atoms. The van der Waals surface area contributed by atoms with Crippen LogP contribution in [0.1, 0.15) is 37.3 Å². The standard InChI is InChI=1S/C24H28N2O6/c1-24(2,12-21(27)25-13-20(31-3)22(28)29)26-23(30)32-14-19-17-10-6-4-8-15(17)16-9-5-7-11-18(16)19/h4-11,19-20H,12-14H2,1-3H3,(H,25,27)(H,26,30)(H,28,29). The van der Waals surface area contributed by atoms with Crippen LogP contribution in [0.25, 0.3) is 11.1 Å². The Kier molecular flexibility index (Phi) is 7.15. The quantitative estimate of drug-likeness (QED) is 0.553. The van der Waals surface area contributed by atoms with Crippen LogP contribution in [-0.4, -0.2) is 55.0 Å². The van der Waals surface area contributed by atoms with E-state index in [1.54, 1.807) is 13.8 Å². The summed E-state index contributed by atoms with van der Waals surface area (Å²) >= 11 is 0. The first-order chi connectivity index (χ1) is 15.2. The minimum Gasteiger partial charge on any atom is -0.479 e. The zero-order valence-electron chi connectivity index (χ0n) is 18.4. The monoisotopic (exact) mass is 440 g/mol. The molecule has 0 heterocycles. The molecular formula is C24H28N2O6. The van der Waals surface area contributed by atoms with Crippen molar-refractivity contribution in [2.75, 3.05) is 20.3 Å². The molecule has 8 nitrogen and oxygen atoms in total. The number of aliphatic carboxylic acids is 1. The summed E-state index contributed by atoms with van der Waals surface area (Å²) in [6.45, 7) is 3.40. The van der Waals surface area contributed by atoms with E-state index in [9.17, 15) is 14.4 Å². The van der Waals surface area contributed by atoms with Crippen LogP contribution in [-0.2, 0) is 19.1 Å². The zero-order valence-corrected chi connectivity index (χ0v) is 18.4. The third kappa shape index (κ3) is 5.45. The van der Waals surface area contributed by atoms with Gasteiger partial charge in [-0.2, -0.15) is 0 Å². The second-order valence-electron chi connectivity index (χ2n) is 8.38. The van der Waals surface area contributed by atoms with Crippen LogP contribution in [0.2, 0.25) is 0 Å². The van der Waals surface area contributed by atoms with Gasteiger partial charge in [-0.25, -0.2) is 9.59 Å². The van der Waals surface area contributed by atoms with E-state index in [1.807, 2.05) is 36.4 Å². The SMILES string of the molecule is COC(CNC(=O)CC(C)(C)NC(=O)OCC1c2ccccc2-c2ccccc21)C(=O)O. The van der Waals surface area contributed by atoms with Gasteiger partial charge in [0.2, 0.25) is 5.91 Å². The molecule has 2 aromatic rings. The van der Waals surface area contributed by atoms with Crippen molar-refractivity contribution in [3.63, 3.8) is 0 Å². The summed E-state index contributed by atoms with van der Waals surface area (Å²) < 4.78 is 10.3. The van der Waals surface area contributed by atoms with Crippen molar-refractivity contribution in [1.82, 2.24) is 10.6 Å². The molecule has 3 rings (SSSR count). The highest BCUT2D eigenvalue weighted by atomic mass is 16.5. The number of hydrogen-bond donors (Lipinski definition) is 3. The molecule has 0 saturated heterocycles. The van der Waals surface area contributed by atoms with Crippen LogP contribution >= 0.6 is 0 Å². The molecule has 1 aliphatic carbocycles. The second-order valence-corrected chi connectivity index (χ2v) is 8.38. The van der Waals surface area contributed by atoms with Crippen LogP contribution in [0.15, 0.2) is 48.5 Å². The van der Waals surface area contributed by atoms with Crippen molar-refractivity contribution in [1.29, 1.82) is 0 Å². The largest absolute Gasteiger partial charge is 0.479 e. The lowest BCUT2D eigenvalue weighted by Crippen LogP contribution is -2.48. The number of fused-ring (bicyclic) bond motifs is 3. The van der Waals surface area contributed by atoms with Crippen LogP contribution in [0, 0.1) is 0 Å². The topological polar surface area (TPSA) is 114 Å². The van der Waals surface area contributed by atoms with Gasteiger partial charge >= 0.3 is 12.1 Å². The van der Waals surface area contributed by atoms with E-state index in [4.69, 9.17) is 14.6 Å². The highest BCUT2D eigenvalue weighted by Crippen LogP contribution is 2.44. The van der Waals surface area contributed by atoms with Gasteiger partial charge in [0, 0.05) is 25.0 Å². The van der Waals surface area contributed by atoms with Gasteiger partial charge < -0.3 is 25.2 Å². The van der Waals surface area contributed by atoms with Crippen LogP contribution in [0.5, 0.6) is 0 Å². The maximum absolute atomic E-state index is 12.5. The van der Waals surface area contributed by atoms with Gasteiger partial charge in [0.15, 0.2) is 6.10 Å². The molecule has 3 N–H and O–H groups in total. The molecule has 0 radical (unpaired) electrons. The first-order valence-electron chi connectivity index (χ1n) is 10.4. The summed E-state index contributed by atoms with van der Waals surface area (Å²) in [5, 5.41) is 14.2. The Morgan fingerprint density at radius 3 is 2.12 bits per heavy atom. The maximum Gasteiger partial charge on any atom is 0.407 e. The summed E-state index contributed by atoms with van der Waals surface area (Å²) in [6.07, 6.45) is -1.80. The first-order valence-corrected chi connectivity index (χ1v) is 10.4. The van der Waals surface area contributed by atoms with Crippen LogP contribution in [0.4, 0.5) is 4.79 Å². The van der Waals surface area contributed by atoms with E-state index >= 15 is 0 Å². The Balaban J connectivity index is 1.54. The molecule has 170 valence electrons. The lowest BCUT2D eigenvalue weighted by Gasteiger charge is -2.26. The van der Waals surface area contributed by atoms with E-state index in [0.717, 1.165) is 22.3 Å². The van der Waals surface area contributed by atoms with Gasteiger partial charge in [0.25, 0.3) is 0 Å². The summed E-state index contributed by atoms with van der Waals surface area (Å²) in [6, 6.07) is 16.1. The lowest BCUT2D eigenvalue weighted by molar-refractivity contribution is -0.148. The number of carboxylic acid groups (broad SMARTS) is 1. The van der Waals surface area contributed by atoms with Gasteiger partial charge in [-0.05, 0) is 36.1 Å². The van der Waals surface area contributed by atoms with E-state index in [2.05, 4.69) is 22.8 Å². The number of carboxylic acids is 1. The first kappa shape index (κ1) is 23.3. The third-order valence-electron chi connectivity index (χ3n) is 5.43. The number of methoxy groups -OCH3 is 1. The van der Waals surface area contributed by atoms with E-state index in [-0.39, 0.29) is 25.5 Å². The Bertz CT molecular complexity index is 958. The Hall–Kier alpha value is -3.39. The van der Waals surface area contributed by atoms with Crippen LogP contribution in [0.3, 0.4) is 0 Å². The fraction of sp³-hybridized carbons (Fsp3) is 0.375. The Morgan fingerprint density at radius 1 is 1.03 bits per heavy atom. The number of carbonyl (C=O) groups excluding carboxylic acids is 2. The van der Waals surface area contributed by atoms with Crippen molar-refractivity contribution in [2.45, 2.75) is 37.8 Å². The van der Waals surface area contributed by atoms with Gasteiger partial charge in [0.05, 0.1) is 6.54 Å². The van der Waals surface area contributed by atoms with Crippen molar-refractivity contribution in [3.05, 3.63) is 59.7 Å². The van der Waals surface area contributed by atoms with E-state index in [0.29, 0.717) is 0 Å².